The van der Waals surface area contributed by atoms with E-state index in [0.717, 1.165) is 5.92 Å². The highest BCUT2D eigenvalue weighted by Gasteiger charge is 2.04. The summed E-state index contributed by atoms with van der Waals surface area (Å²) in [6.45, 7) is 6.26. The average molecular weight is 144 g/mol. The summed E-state index contributed by atoms with van der Waals surface area (Å²) in [7, 11) is 0. The van der Waals surface area contributed by atoms with Gasteiger partial charge in [0.1, 0.15) is 0 Å². The maximum Gasteiger partial charge on any atom is -0.0319 e. The summed E-state index contributed by atoms with van der Waals surface area (Å²) in [6.07, 6.45) is 8.59. The first-order valence-electron chi connectivity index (χ1n) is 4.08. The maximum atomic E-state index is 2.29. The highest BCUT2D eigenvalue weighted by Crippen LogP contribution is 2.19. The molecule has 0 unspecified atom stereocenters. The molecule has 0 saturated carbocycles. The predicted molar refractivity (Wildman–Crippen MR) is 47.1 cm³/mol. The summed E-state index contributed by atoms with van der Waals surface area (Å²) in [5.74, 6) is 0.986. The molecule has 0 aromatic heterocycles. The standard InChI is InChI=1S/C7H12.C2H6.H2O/c1-2-7-5-3-4-6-7;1-2;/h3-4,7H,2,5-6H2,1H3;1-2H3;1H2. The lowest BCUT2D eigenvalue weighted by Gasteiger charge is -2.00. The maximum absolute atomic E-state index is 2.29. The molecule has 0 aliphatic heterocycles. The molecule has 1 aliphatic rings. The van der Waals surface area contributed by atoms with Crippen molar-refractivity contribution in [2.75, 3.05) is 0 Å². The van der Waals surface area contributed by atoms with Crippen LogP contribution in [0, 0.1) is 5.92 Å². The Morgan fingerprint density at radius 3 is 1.80 bits per heavy atom. The predicted octanol–water partition coefficient (Wildman–Crippen LogP) is 2.56. The molecular weight excluding hydrogens is 124 g/mol. The second-order valence-corrected chi connectivity index (χ2v) is 2.22. The van der Waals surface area contributed by atoms with Gasteiger partial charge in [0, 0.05) is 0 Å². The van der Waals surface area contributed by atoms with Gasteiger partial charge in [-0.3, -0.25) is 0 Å². The minimum atomic E-state index is 0. The molecular formula is C9H20O. The molecule has 0 fully saturated rings. The van der Waals surface area contributed by atoms with Gasteiger partial charge in [-0.15, -0.1) is 0 Å². The van der Waals surface area contributed by atoms with E-state index in [2.05, 4.69) is 19.1 Å². The molecule has 0 atom stereocenters. The summed E-state index contributed by atoms with van der Waals surface area (Å²) >= 11 is 0. The van der Waals surface area contributed by atoms with Crippen LogP contribution < -0.4 is 0 Å². The van der Waals surface area contributed by atoms with Crippen LogP contribution in [0.25, 0.3) is 0 Å². The van der Waals surface area contributed by atoms with Crippen LogP contribution in [0.3, 0.4) is 0 Å². The van der Waals surface area contributed by atoms with Crippen LogP contribution in [0.1, 0.15) is 40.0 Å². The minimum absolute atomic E-state index is 0. The molecule has 0 saturated heterocycles. The van der Waals surface area contributed by atoms with Gasteiger partial charge in [0.05, 0.1) is 0 Å². The van der Waals surface area contributed by atoms with E-state index in [1.54, 1.807) is 0 Å². The van der Waals surface area contributed by atoms with Gasteiger partial charge >= 0.3 is 0 Å². The largest absolute Gasteiger partial charge is 0.412 e. The third-order valence-electron chi connectivity index (χ3n) is 1.68. The molecule has 0 bridgehead atoms. The Labute approximate surface area is 64.4 Å². The molecule has 2 N–H and O–H groups in total. The van der Waals surface area contributed by atoms with Crippen LogP contribution in [0.5, 0.6) is 0 Å². The van der Waals surface area contributed by atoms with E-state index in [1.807, 2.05) is 13.8 Å². The van der Waals surface area contributed by atoms with E-state index in [9.17, 15) is 0 Å². The minimum Gasteiger partial charge on any atom is -0.412 e. The van der Waals surface area contributed by atoms with Gasteiger partial charge in [0.2, 0.25) is 0 Å². The van der Waals surface area contributed by atoms with Crippen molar-refractivity contribution in [3.8, 4) is 0 Å². The van der Waals surface area contributed by atoms with Crippen molar-refractivity contribution >= 4 is 0 Å². The Balaban J connectivity index is 0. The quantitative estimate of drug-likeness (QED) is 0.507. The molecule has 1 aliphatic carbocycles. The topological polar surface area (TPSA) is 31.5 Å². The molecule has 1 nitrogen and oxygen atoms in total. The molecule has 0 spiro atoms. The summed E-state index contributed by atoms with van der Waals surface area (Å²) in [5, 5.41) is 0. The number of rotatable bonds is 1. The molecule has 0 aromatic rings. The Morgan fingerprint density at radius 2 is 1.60 bits per heavy atom. The van der Waals surface area contributed by atoms with E-state index in [0.29, 0.717) is 0 Å². The van der Waals surface area contributed by atoms with E-state index in [1.165, 1.54) is 19.3 Å². The van der Waals surface area contributed by atoms with Gasteiger partial charge in [-0.2, -0.15) is 0 Å². The van der Waals surface area contributed by atoms with E-state index >= 15 is 0 Å². The summed E-state index contributed by atoms with van der Waals surface area (Å²) in [4.78, 5) is 0. The van der Waals surface area contributed by atoms with Crippen LogP contribution in [-0.2, 0) is 0 Å². The van der Waals surface area contributed by atoms with Gasteiger partial charge in [-0.1, -0.05) is 39.3 Å². The van der Waals surface area contributed by atoms with Crippen molar-refractivity contribution in [1.82, 2.24) is 0 Å². The number of allylic oxidation sites excluding steroid dienone is 2. The van der Waals surface area contributed by atoms with Gasteiger partial charge in [-0.25, -0.2) is 0 Å². The fourth-order valence-electron chi connectivity index (χ4n) is 1.01. The van der Waals surface area contributed by atoms with Gasteiger partial charge in [0.25, 0.3) is 0 Å². The third-order valence-corrected chi connectivity index (χ3v) is 1.68. The Bertz CT molecular complexity index is 68.8. The molecule has 1 rings (SSSR count). The lowest BCUT2D eigenvalue weighted by Crippen LogP contribution is -1.87. The van der Waals surface area contributed by atoms with Crippen LogP contribution in [0.2, 0.25) is 0 Å². The first-order chi connectivity index (χ1) is 4.43. The molecule has 1 heteroatoms. The second kappa shape index (κ2) is 8.70. The summed E-state index contributed by atoms with van der Waals surface area (Å²) in [5.41, 5.74) is 0. The zero-order valence-electron chi connectivity index (χ0n) is 7.35. The van der Waals surface area contributed by atoms with Gasteiger partial charge < -0.3 is 5.48 Å². The van der Waals surface area contributed by atoms with Crippen LogP contribution in [0.4, 0.5) is 0 Å². The molecule has 62 valence electrons. The molecule has 0 heterocycles. The SMILES string of the molecule is CC.CCC1CC=CC1.O. The summed E-state index contributed by atoms with van der Waals surface area (Å²) in [6, 6.07) is 0. The van der Waals surface area contributed by atoms with E-state index in [4.69, 9.17) is 0 Å². The van der Waals surface area contributed by atoms with Crippen molar-refractivity contribution in [1.29, 1.82) is 0 Å². The van der Waals surface area contributed by atoms with Gasteiger partial charge in [-0.05, 0) is 18.8 Å². The molecule has 0 radical (unpaired) electrons. The normalized spacial score (nSPS) is 15.5. The second-order valence-electron chi connectivity index (χ2n) is 2.22. The van der Waals surface area contributed by atoms with Crippen molar-refractivity contribution in [2.45, 2.75) is 40.0 Å². The summed E-state index contributed by atoms with van der Waals surface area (Å²) < 4.78 is 0. The monoisotopic (exact) mass is 144 g/mol. The third kappa shape index (κ3) is 4.57. The number of hydrogen-bond acceptors (Lipinski definition) is 0. The zero-order chi connectivity index (χ0) is 7.11. The fraction of sp³-hybridized carbons (Fsp3) is 0.778. The number of hydrogen-bond donors (Lipinski definition) is 0. The van der Waals surface area contributed by atoms with Crippen molar-refractivity contribution in [3.05, 3.63) is 12.2 Å². The Kier molecular flexibility index (Phi) is 10.8. The lowest BCUT2D eigenvalue weighted by atomic mass is 10.1. The van der Waals surface area contributed by atoms with Crippen molar-refractivity contribution in [3.63, 3.8) is 0 Å². The van der Waals surface area contributed by atoms with Gasteiger partial charge in [0.15, 0.2) is 0 Å². The average Bonchev–Trinajstić information content (AvgIpc) is 2.43. The first-order valence-corrected chi connectivity index (χ1v) is 4.08. The Hall–Kier alpha value is -0.300. The van der Waals surface area contributed by atoms with Crippen LogP contribution in [0.15, 0.2) is 12.2 Å². The molecule has 0 aromatic carbocycles. The smallest absolute Gasteiger partial charge is 0.0319 e. The van der Waals surface area contributed by atoms with E-state index in [-0.39, 0.29) is 5.48 Å². The van der Waals surface area contributed by atoms with Crippen molar-refractivity contribution in [2.24, 2.45) is 5.92 Å². The first kappa shape index (κ1) is 12.4. The lowest BCUT2D eigenvalue weighted by molar-refractivity contribution is 0.551. The van der Waals surface area contributed by atoms with Crippen LogP contribution >= 0.6 is 0 Å². The highest BCUT2D eigenvalue weighted by molar-refractivity contribution is 4.93. The highest BCUT2D eigenvalue weighted by atomic mass is 16.0. The van der Waals surface area contributed by atoms with Crippen LogP contribution in [-0.4, -0.2) is 5.48 Å². The van der Waals surface area contributed by atoms with Crippen molar-refractivity contribution < 1.29 is 5.48 Å². The fourth-order valence-corrected chi connectivity index (χ4v) is 1.01. The van der Waals surface area contributed by atoms with E-state index < -0.39 is 0 Å². The Morgan fingerprint density at radius 1 is 1.20 bits per heavy atom. The molecule has 0 amide bonds. The molecule has 10 heavy (non-hydrogen) atoms. The zero-order valence-corrected chi connectivity index (χ0v) is 7.35.